The van der Waals surface area contributed by atoms with E-state index >= 15 is 0 Å². The van der Waals surface area contributed by atoms with E-state index in [4.69, 9.17) is 0 Å². The van der Waals surface area contributed by atoms with Crippen LogP contribution in [0.2, 0.25) is 0 Å². The number of hydrogen-bond donors (Lipinski definition) is 2. The van der Waals surface area contributed by atoms with Crippen LogP contribution in [0.3, 0.4) is 0 Å². The van der Waals surface area contributed by atoms with Gasteiger partial charge in [-0.25, -0.2) is 4.98 Å². The molecule has 0 bridgehead atoms. The van der Waals surface area contributed by atoms with Gasteiger partial charge in [0.1, 0.15) is 5.82 Å². The third kappa shape index (κ3) is 3.97. The molecule has 0 atom stereocenters. The lowest BCUT2D eigenvalue weighted by Crippen LogP contribution is -2.13. The first kappa shape index (κ1) is 15.3. The van der Waals surface area contributed by atoms with Gasteiger partial charge in [0.2, 0.25) is 11.9 Å². The van der Waals surface area contributed by atoms with E-state index in [2.05, 4.69) is 20.6 Å². The van der Waals surface area contributed by atoms with Crippen molar-refractivity contribution in [2.75, 3.05) is 29.6 Å². The van der Waals surface area contributed by atoms with Gasteiger partial charge in [-0.3, -0.25) is 4.79 Å². The minimum absolute atomic E-state index is 0.114. The molecule has 120 valence electrons. The third-order valence-corrected chi connectivity index (χ3v) is 3.66. The zero-order chi connectivity index (χ0) is 16.4. The van der Waals surface area contributed by atoms with Crippen molar-refractivity contribution in [3.63, 3.8) is 0 Å². The van der Waals surface area contributed by atoms with Gasteiger partial charge in [-0.1, -0.05) is 0 Å². The number of carbonyl (C=O) groups is 1. The molecule has 1 aromatic heterocycles. The Balaban J connectivity index is 1.69. The van der Waals surface area contributed by atoms with Gasteiger partial charge in [0, 0.05) is 43.1 Å². The number of rotatable bonds is 5. The Hall–Kier alpha value is -2.63. The van der Waals surface area contributed by atoms with Crippen LogP contribution in [0.4, 0.5) is 23.1 Å². The molecule has 23 heavy (non-hydrogen) atoms. The largest absolute Gasteiger partial charge is 0.363 e. The molecule has 1 aliphatic carbocycles. The van der Waals surface area contributed by atoms with E-state index in [0.29, 0.717) is 5.95 Å². The molecule has 6 heteroatoms. The summed E-state index contributed by atoms with van der Waals surface area (Å²) in [6.45, 7) is 1.94. The highest BCUT2D eigenvalue weighted by molar-refractivity contribution is 5.94. The summed E-state index contributed by atoms with van der Waals surface area (Å²) in [6, 6.07) is 9.51. The van der Waals surface area contributed by atoms with Crippen LogP contribution in [0.1, 0.15) is 18.5 Å². The Morgan fingerprint density at radius 2 is 1.78 bits per heavy atom. The summed E-state index contributed by atoms with van der Waals surface area (Å²) < 4.78 is 0. The van der Waals surface area contributed by atoms with Crippen molar-refractivity contribution in [2.45, 2.75) is 19.8 Å². The second kappa shape index (κ2) is 6.24. The van der Waals surface area contributed by atoms with Gasteiger partial charge < -0.3 is 15.5 Å². The Morgan fingerprint density at radius 1 is 1.13 bits per heavy atom. The van der Waals surface area contributed by atoms with Gasteiger partial charge in [-0.15, -0.1) is 0 Å². The first-order chi connectivity index (χ1) is 11.0. The molecular weight excluding hydrogens is 290 g/mol. The molecule has 1 amide bonds. The van der Waals surface area contributed by atoms with Crippen molar-refractivity contribution >= 4 is 29.0 Å². The molecule has 1 aliphatic rings. The zero-order valence-electron chi connectivity index (χ0n) is 13.6. The molecule has 0 saturated heterocycles. The summed E-state index contributed by atoms with van der Waals surface area (Å²) in [5, 5.41) is 6.12. The second-order valence-corrected chi connectivity index (χ2v) is 6.05. The highest BCUT2D eigenvalue weighted by Gasteiger charge is 2.29. The summed E-state index contributed by atoms with van der Waals surface area (Å²) in [4.78, 5) is 22.5. The van der Waals surface area contributed by atoms with Gasteiger partial charge in [0.25, 0.3) is 0 Å². The fraction of sp³-hybridized carbons (Fsp3) is 0.353. The molecule has 0 unspecified atom stereocenters. The molecule has 0 spiro atoms. The van der Waals surface area contributed by atoms with E-state index in [0.717, 1.165) is 35.7 Å². The Morgan fingerprint density at radius 3 is 2.39 bits per heavy atom. The molecule has 2 N–H and O–H groups in total. The molecule has 0 radical (unpaired) electrons. The minimum atomic E-state index is 0.114. The lowest BCUT2D eigenvalue weighted by molar-refractivity contribution is -0.117. The molecule has 1 heterocycles. The lowest BCUT2D eigenvalue weighted by Gasteiger charge is -2.14. The van der Waals surface area contributed by atoms with E-state index in [1.165, 1.54) is 0 Å². The fourth-order valence-corrected chi connectivity index (χ4v) is 2.19. The van der Waals surface area contributed by atoms with Crippen LogP contribution < -0.4 is 15.5 Å². The molecule has 1 aromatic carbocycles. The predicted octanol–water partition coefficient (Wildman–Crippen LogP) is 2.94. The molecule has 1 saturated carbocycles. The maximum Gasteiger partial charge on any atom is 0.229 e. The van der Waals surface area contributed by atoms with Gasteiger partial charge >= 0.3 is 0 Å². The number of aromatic nitrogens is 2. The number of carbonyl (C=O) groups excluding carboxylic acids is 1. The monoisotopic (exact) mass is 311 g/mol. The standard InChI is InChI=1S/C17H21N5O/c1-11-10-15(22(2)3)21-17(18-11)20-14-8-6-13(7-9-14)19-16(23)12-4-5-12/h6-10,12H,4-5H2,1-3H3,(H,19,23)(H,18,20,21). The number of aryl methyl sites for hydroxylation is 1. The van der Waals surface area contributed by atoms with Gasteiger partial charge in [-0.2, -0.15) is 4.98 Å². The summed E-state index contributed by atoms with van der Waals surface area (Å²) in [7, 11) is 3.89. The van der Waals surface area contributed by atoms with Crippen LogP contribution in [0, 0.1) is 12.8 Å². The predicted molar refractivity (Wildman–Crippen MR) is 92.2 cm³/mol. The topological polar surface area (TPSA) is 70.2 Å². The van der Waals surface area contributed by atoms with Crippen molar-refractivity contribution in [3.8, 4) is 0 Å². The SMILES string of the molecule is Cc1cc(N(C)C)nc(Nc2ccc(NC(=O)C3CC3)cc2)n1. The normalized spacial score (nSPS) is 13.5. The number of nitrogens with one attached hydrogen (secondary N) is 2. The van der Waals surface area contributed by atoms with E-state index < -0.39 is 0 Å². The highest BCUT2D eigenvalue weighted by atomic mass is 16.2. The van der Waals surface area contributed by atoms with E-state index in [9.17, 15) is 4.79 Å². The maximum absolute atomic E-state index is 11.7. The molecular formula is C17H21N5O. The fourth-order valence-electron chi connectivity index (χ4n) is 2.19. The average molecular weight is 311 g/mol. The summed E-state index contributed by atoms with van der Waals surface area (Å²) >= 11 is 0. The first-order valence-electron chi connectivity index (χ1n) is 7.72. The smallest absolute Gasteiger partial charge is 0.229 e. The van der Waals surface area contributed by atoms with Crippen LogP contribution in [-0.4, -0.2) is 30.0 Å². The van der Waals surface area contributed by atoms with Crippen LogP contribution in [0.25, 0.3) is 0 Å². The molecule has 3 rings (SSSR count). The molecule has 2 aromatic rings. The van der Waals surface area contributed by atoms with Gasteiger partial charge in [0.15, 0.2) is 0 Å². The summed E-state index contributed by atoms with van der Waals surface area (Å²) in [6.07, 6.45) is 2.01. The van der Waals surface area contributed by atoms with Crippen LogP contribution >= 0.6 is 0 Å². The Labute approximate surface area is 135 Å². The maximum atomic E-state index is 11.7. The Bertz CT molecular complexity index is 707. The second-order valence-electron chi connectivity index (χ2n) is 6.05. The average Bonchev–Trinajstić information content (AvgIpc) is 3.33. The van der Waals surface area contributed by atoms with Gasteiger partial charge in [0.05, 0.1) is 0 Å². The third-order valence-electron chi connectivity index (χ3n) is 3.66. The molecule has 1 fully saturated rings. The number of hydrogen-bond acceptors (Lipinski definition) is 5. The van der Waals surface area contributed by atoms with Gasteiger partial charge in [-0.05, 0) is 44.0 Å². The minimum Gasteiger partial charge on any atom is -0.363 e. The van der Waals surface area contributed by atoms with Crippen LogP contribution in [-0.2, 0) is 4.79 Å². The molecule has 0 aliphatic heterocycles. The highest BCUT2D eigenvalue weighted by Crippen LogP contribution is 2.30. The van der Waals surface area contributed by atoms with E-state index in [1.807, 2.05) is 56.3 Å². The lowest BCUT2D eigenvalue weighted by atomic mass is 10.2. The number of benzene rings is 1. The van der Waals surface area contributed by atoms with Crippen LogP contribution in [0.5, 0.6) is 0 Å². The van der Waals surface area contributed by atoms with Crippen molar-refractivity contribution in [3.05, 3.63) is 36.0 Å². The molecule has 6 nitrogen and oxygen atoms in total. The van der Waals surface area contributed by atoms with E-state index in [-0.39, 0.29) is 11.8 Å². The summed E-state index contributed by atoms with van der Waals surface area (Å²) in [5.41, 5.74) is 2.59. The van der Waals surface area contributed by atoms with Crippen molar-refractivity contribution in [1.82, 2.24) is 9.97 Å². The Kier molecular flexibility index (Phi) is 4.14. The number of nitrogens with zero attached hydrogens (tertiary/aromatic N) is 3. The number of amides is 1. The number of anilines is 4. The summed E-state index contributed by atoms with van der Waals surface area (Å²) in [5.74, 6) is 1.73. The van der Waals surface area contributed by atoms with Crippen molar-refractivity contribution < 1.29 is 4.79 Å². The van der Waals surface area contributed by atoms with E-state index in [1.54, 1.807) is 0 Å². The first-order valence-corrected chi connectivity index (χ1v) is 7.72. The zero-order valence-corrected chi connectivity index (χ0v) is 13.6. The quantitative estimate of drug-likeness (QED) is 0.888. The van der Waals surface area contributed by atoms with Crippen molar-refractivity contribution in [1.29, 1.82) is 0 Å². The van der Waals surface area contributed by atoms with Crippen molar-refractivity contribution in [2.24, 2.45) is 5.92 Å². The van der Waals surface area contributed by atoms with Crippen LogP contribution in [0.15, 0.2) is 30.3 Å².